The van der Waals surface area contributed by atoms with E-state index >= 15 is 0 Å². The third kappa shape index (κ3) is 7.24. The van der Waals surface area contributed by atoms with Crippen LogP contribution in [-0.2, 0) is 21.4 Å². The summed E-state index contributed by atoms with van der Waals surface area (Å²) >= 11 is 7.89. The van der Waals surface area contributed by atoms with Crippen molar-refractivity contribution in [2.45, 2.75) is 36.2 Å². The summed E-state index contributed by atoms with van der Waals surface area (Å²) in [6, 6.07) is 21.1. The number of nitrogens with one attached hydrogen (secondary N) is 1. The number of carbonyl (C=O) groups excluding carboxylic acids is 1. The standard InChI is InChI=1S/C26H29ClN2O4S2/c1-4-33-25-15-14-23(16-24(25)27)35(31,32)29(17-20-8-6-5-7-9-20)18-26(30)28-19(2)21-10-12-22(34-3)13-11-21/h5-16,19H,4,17-18H2,1-3H3,(H,28,30). The monoisotopic (exact) mass is 532 g/mol. The van der Waals surface area contributed by atoms with E-state index in [1.54, 1.807) is 11.8 Å². The molecule has 186 valence electrons. The molecule has 0 aliphatic rings. The molecule has 0 saturated carbocycles. The number of benzene rings is 3. The SMILES string of the molecule is CCOc1ccc(S(=O)(=O)N(CC(=O)NC(C)c2ccc(SC)cc2)Cc2ccccc2)cc1Cl. The summed E-state index contributed by atoms with van der Waals surface area (Å²) in [5.41, 5.74) is 1.70. The number of hydrogen-bond acceptors (Lipinski definition) is 5. The van der Waals surface area contributed by atoms with Gasteiger partial charge < -0.3 is 10.1 Å². The lowest BCUT2D eigenvalue weighted by Gasteiger charge is -2.23. The third-order valence-corrected chi connectivity index (χ3v) is 8.18. The highest BCUT2D eigenvalue weighted by Gasteiger charge is 2.28. The zero-order valence-corrected chi connectivity index (χ0v) is 22.3. The second-order valence-electron chi connectivity index (χ2n) is 7.85. The van der Waals surface area contributed by atoms with Crippen LogP contribution in [0.1, 0.15) is 31.0 Å². The van der Waals surface area contributed by atoms with Crippen LogP contribution in [0.25, 0.3) is 0 Å². The third-order valence-electron chi connectivity index (χ3n) is 5.36. The first-order valence-electron chi connectivity index (χ1n) is 11.1. The normalized spacial score (nSPS) is 12.4. The minimum atomic E-state index is -4.03. The molecule has 0 aliphatic heterocycles. The molecule has 6 nitrogen and oxygen atoms in total. The molecule has 0 radical (unpaired) electrons. The van der Waals surface area contributed by atoms with Crippen LogP contribution in [0.4, 0.5) is 0 Å². The van der Waals surface area contributed by atoms with E-state index in [0.29, 0.717) is 12.4 Å². The fourth-order valence-electron chi connectivity index (χ4n) is 3.50. The predicted octanol–water partition coefficient (Wildman–Crippen LogP) is 5.53. The first kappa shape index (κ1) is 27.1. The molecule has 9 heteroatoms. The van der Waals surface area contributed by atoms with Crippen molar-refractivity contribution in [3.8, 4) is 5.75 Å². The number of rotatable bonds is 11. The van der Waals surface area contributed by atoms with Gasteiger partial charge in [-0.25, -0.2) is 8.42 Å². The van der Waals surface area contributed by atoms with Gasteiger partial charge in [0.05, 0.1) is 29.1 Å². The van der Waals surface area contributed by atoms with Gasteiger partial charge in [0.1, 0.15) is 5.75 Å². The molecule has 0 aliphatic carbocycles. The fraction of sp³-hybridized carbons (Fsp3) is 0.269. The first-order valence-corrected chi connectivity index (χ1v) is 14.2. The van der Waals surface area contributed by atoms with Crippen LogP contribution in [0.3, 0.4) is 0 Å². The number of sulfonamides is 1. The zero-order chi connectivity index (χ0) is 25.4. The maximum atomic E-state index is 13.6. The van der Waals surface area contributed by atoms with Crippen LogP contribution >= 0.6 is 23.4 Å². The Morgan fingerprint density at radius 2 is 1.77 bits per heavy atom. The molecule has 0 spiro atoms. The number of carbonyl (C=O) groups is 1. The van der Waals surface area contributed by atoms with Gasteiger partial charge in [-0.2, -0.15) is 4.31 Å². The van der Waals surface area contributed by atoms with E-state index in [0.717, 1.165) is 20.3 Å². The lowest BCUT2D eigenvalue weighted by atomic mass is 10.1. The smallest absolute Gasteiger partial charge is 0.243 e. The second kappa shape index (κ2) is 12.4. The van der Waals surface area contributed by atoms with Crippen LogP contribution in [0.2, 0.25) is 5.02 Å². The Labute approximate surface area is 216 Å². The number of hydrogen-bond donors (Lipinski definition) is 1. The average molecular weight is 533 g/mol. The molecule has 1 unspecified atom stereocenters. The van der Waals surface area contributed by atoms with Gasteiger partial charge in [-0.3, -0.25) is 4.79 Å². The van der Waals surface area contributed by atoms with E-state index in [4.69, 9.17) is 16.3 Å². The molecule has 3 aromatic carbocycles. The van der Waals surface area contributed by atoms with Gasteiger partial charge in [-0.1, -0.05) is 54.1 Å². The minimum absolute atomic E-state index is 0.00427. The van der Waals surface area contributed by atoms with Crippen LogP contribution in [0.5, 0.6) is 5.75 Å². The molecule has 1 atom stereocenters. The lowest BCUT2D eigenvalue weighted by Crippen LogP contribution is -2.41. The average Bonchev–Trinajstić information content (AvgIpc) is 2.85. The molecular weight excluding hydrogens is 504 g/mol. The molecule has 0 saturated heterocycles. The van der Waals surface area contributed by atoms with Crippen molar-refractivity contribution >= 4 is 39.3 Å². The molecule has 1 N–H and O–H groups in total. The summed E-state index contributed by atoms with van der Waals surface area (Å²) in [5.74, 6) is 0.00441. The van der Waals surface area contributed by atoms with Crippen molar-refractivity contribution in [1.82, 2.24) is 9.62 Å². The Kier molecular flexibility index (Phi) is 9.63. The van der Waals surface area contributed by atoms with Crippen molar-refractivity contribution < 1.29 is 17.9 Å². The summed E-state index contributed by atoms with van der Waals surface area (Å²) in [6.45, 7) is 3.80. The summed E-state index contributed by atoms with van der Waals surface area (Å²) in [6.07, 6.45) is 2.00. The Morgan fingerprint density at radius 1 is 1.09 bits per heavy atom. The molecule has 1 amide bonds. The minimum Gasteiger partial charge on any atom is -0.492 e. The van der Waals surface area contributed by atoms with Gasteiger partial charge in [0.2, 0.25) is 15.9 Å². The van der Waals surface area contributed by atoms with E-state index in [-0.39, 0.29) is 29.0 Å². The Morgan fingerprint density at radius 3 is 2.37 bits per heavy atom. The lowest BCUT2D eigenvalue weighted by molar-refractivity contribution is -0.122. The highest BCUT2D eigenvalue weighted by atomic mass is 35.5. The number of ether oxygens (including phenoxy) is 1. The number of halogens is 1. The Hall–Kier alpha value is -2.52. The van der Waals surface area contributed by atoms with Crippen LogP contribution in [0, 0.1) is 0 Å². The summed E-state index contributed by atoms with van der Waals surface area (Å²) in [7, 11) is -4.03. The van der Waals surface area contributed by atoms with E-state index in [1.807, 2.05) is 74.7 Å². The molecule has 3 rings (SSSR count). The van der Waals surface area contributed by atoms with Crippen molar-refractivity contribution in [1.29, 1.82) is 0 Å². The van der Waals surface area contributed by atoms with E-state index in [2.05, 4.69) is 5.32 Å². The maximum Gasteiger partial charge on any atom is 0.243 e. The van der Waals surface area contributed by atoms with Gasteiger partial charge >= 0.3 is 0 Å². The summed E-state index contributed by atoms with van der Waals surface area (Å²) in [4.78, 5) is 14.1. The van der Waals surface area contributed by atoms with Crippen molar-refractivity contribution in [2.24, 2.45) is 0 Å². The highest BCUT2D eigenvalue weighted by Crippen LogP contribution is 2.29. The second-order valence-corrected chi connectivity index (χ2v) is 11.1. The molecular formula is C26H29ClN2O4S2. The topological polar surface area (TPSA) is 75.7 Å². The van der Waals surface area contributed by atoms with Crippen LogP contribution in [-0.4, -0.2) is 38.0 Å². The van der Waals surface area contributed by atoms with Gasteiger partial charge in [0, 0.05) is 11.4 Å². The number of amides is 1. The molecule has 0 aromatic heterocycles. The molecule has 35 heavy (non-hydrogen) atoms. The predicted molar refractivity (Wildman–Crippen MR) is 141 cm³/mol. The van der Waals surface area contributed by atoms with E-state index < -0.39 is 15.9 Å². The van der Waals surface area contributed by atoms with Crippen molar-refractivity contribution in [3.05, 3.63) is 88.9 Å². The summed E-state index contributed by atoms with van der Waals surface area (Å²) in [5, 5.41) is 3.11. The Bertz CT molecular complexity index is 1240. The number of nitrogens with zero attached hydrogens (tertiary/aromatic N) is 1. The van der Waals surface area contributed by atoms with Crippen LogP contribution in [0.15, 0.2) is 82.6 Å². The van der Waals surface area contributed by atoms with Gasteiger partial charge in [-0.15, -0.1) is 11.8 Å². The first-order chi connectivity index (χ1) is 16.7. The summed E-state index contributed by atoms with van der Waals surface area (Å²) < 4.78 is 33.7. The van der Waals surface area contributed by atoms with E-state index in [1.165, 1.54) is 18.2 Å². The van der Waals surface area contributed by atoms with Gasteiger partial charge in [0.25, 0.3) is 0 Å². The van der Waals surface area contributed by atoms with Crippen molar-refractivity contribution in [2.75, 3.05) is 19.4 Å². The van der Waals surface area contributed by atoms with Crippen LogP contribution < -0.4 is 10.1 Å². The maximum absolute atomic E-state index is 13.6. The van der Waals surface area contributed by atoms with Crippen molar-refractivity contribution in [3.63, 3.8) is 0 Å². The quantitative estimate of drug-likeness (QED) is 0.329. The van der Waals surface area contributed by atoms with Gasteiger partial charge in [-0.05, 0) is 61.6 Å². The molecule has 0 heterocycles. The largest absolute Gasteiger partial charge is 0.492 e. The number of thioether (sulfide) groups is 1. The van der Waals surface area contributed by atoms with E-state index in [9.17, 15) is 13.2 Å². The molecule has 0 fully saturated rings. The zero-order valence-electron chi connectivity index (χ0n) is 19.9. The molecule has 0 bridgehead atoms. The fourth-order valence-corrected chi connectivity index (χ4v) is 5.62. The van der Waals surface area contributed by atoms with Gasteiger partial charge in [0.15, 0.2) is 0 Å². The molecule has 3 aromatic rings. The Balaban J connectivity index is 1.83. The highest BCUT2D eigenvalue weighted by molar-refractivity contribution is 7.98.